The molecule has 4 heterocycles. The Morgan fingerprint density at radius 2 is 2.00 bits per heavy atom. The Morgan fingerprint density at radius 1 is 1.12 bits per heavy atom. The van der Waals surface area contributed by atoms with Crippen LogP contribution in [0, 0.1) is 0 Å². The molecule has 1 aliphatic rings. The normalized spacial score (nSPS) is 14.8. The zero-order valence-corrected chi connectivity index (χ0v) is 14.4. The molecule has 0 bridgehead atoms. The molecule has 1 fully saturated rings. The second-order valence-electron chi connectivity index (χ2n) is 6.70. The van der Waals surface area contributed by atoms with Crippen molar-refractivity contribution in [3.05, 3.63) is 54.9 Å². The Kier molecular flexibility index (Phi) is 3.31. The SMILES string of the molecule is Cn1c2ccncc2c2ccc(Nc3cccc(N4CC(F)C4)c3)nc21. The third-order valence-electron chi connectivity index (χ3n) is 4.96. The van der Waals surface area contributed by atoms with E-state index in [0.29, 0.717) is 13.1 Å². The Bertz CT molecular complexity index is 1110. The highest BCUT2D eigenvalue weighted by Gasteiger charge is 2.26. The second-order valence-corrected chi connectivity index (χ2v) is 6.70. The van der Waals surface area contributed by atoms with Crippen LogP contribution >= 0.6 is 0 Å². The molecule has 0 radical (unpaired) electrons. The van der Waals surface area contributed by atoms with E-state index in [1.54, 1.807) is 6.20 Å². The summed E-state index contributed by atoms with van der Waals surface area (Å²) in [7, 11) is 2.01. The Hall–Kier alpha value is -3.15. The summed E-state index contributed by atoms with van der Waals surface area (Å²) in [5.41, 5.74) is 4.00. The lowest BCUT2D eigenvalue weighted by molar-refractivity contribution is 0.275. The summed E-state index contributed by atoms with van der Waals surface area (Å²) >= 11 is 0. The molecule has 1 aromatic carbocycles. The van der Waals surface area contributed by atoms with Crippen molar-refractivity contribution in [2.45, 2.75) is 6.17 Å². The van der Waals surface area contributed by atoms with Crippen LogP contribution in [-0.2, 0) is 7.05 Å². The fraction of sp³-hybridized carbons (Fsp3) is 0.200. The van der Waals surface area contributed by atoms with E-state index in [9.17, 15) is 4.39 Å². The lowest BCUT2D eigenvalue weighted by atomic mass is 10.1. The van der Waals surface area contributed by atoms with Crippen molar-refractivity contribution in [3.8, 4) is 0 Å². The average Bonchev–Trinajstić information content (AvgIpc) is 2.92. The molecule has 1 aliphatic heterocycles. The highest BCUT2D eigenvalue weighted by molar-refractivity contribution is 6.06. The van der Waals surface area contributed by atoms with E-state index < -0.39 is 6.17 Å². The molecule has 3 aromatic heterocycles. The number of aromatic nitrogens is 3. The Balaban J connectivity index is 1.49. The summed E-state index contributed by atoms with van der Waals surface area (Å²) in [6.07, 6.45) is 2.96. The fourth-order valence-electron chi connectivity index (χ4n) is 3.55. The molecular weight excluding hydrogens is 329 g/mol. The number of pyridine rings is 2. The van der Waals surface area contributed by atoms with E-state index in [-0.39, 0.29) is 0 Å². The number of rotatable bonds is 3. The van der Waals surface area contributed by atoms with Gasteiger partial charge in [0.1, 0.15) is 17.6 Å². The van der Waals surface area contributed by atoms with Gasteiger partial charge in [-0.05, 0) is 36.4 Å². The maximum absolute atomic E-state index is 13.1. The number of fused-ring (bicyclic) bond motifs is 3. The van der Waals surface area contributed by atoms with E-state index >= 15 is 0 Å². The summed E-state index contributed by atoms with van der Waals surface area (Å²) in [5, 5.41) is 5.55. The molecule has 0 saturated carbocycles. The largest absolute Gasteiger partial charge is 0.365 e. The number of aryl methyl sites for hydroxylation is 1. The van der Waals surface area contributed by atoms with Gasteiger partial charge in [-0.3, -0.25) is 4.98 Å². The maximum Gasteiger partial charge on any atom is 0.143 e. The van der Waals surface area contributed by atoms with E-state index in [2.05, 4.69) is 20.9 Å². The highest BCUT2D eigenvalue weighted by Crippen LogP contribution is 2.29. The van der Waals surface area contributed by atoms with Gasteiger partial charge in [0, 0.05) is 41.6 Å². The van der Waals surface area contributed by atoms with E-state index in [0.717, 1.165) is 39.1 Å². The van der Waals surface area contributed by atoms with Crippen LogP contribution in [0.2, 0.25) is 0 Å². The van der Waals surface area contributed by atoms with Gasteiger partial charge in [-0.2, -0.15) is 0 Å². The van der Waals surface area contributed by atoms with E-state index in [4.69, 9.17) is 4.98 Å². The van der Waals surface area contributed by atoms with Crippen LogP contribution in [0.5, 0.6) is 0 Å². The average molecular weight is 347 g/mol. The summed E-state index contributed by atoms with van der Waals surface area (Å²) < 4.78 is 15.2. The molecule has 5 rings (SSSR count). The molecule has 5 nitrogen and oxygen atoms in total. The lowest BCUT2D eigenvalue weighted by Crippen LogP contribution is -2.48. The third kappa shape index (κ3) is 2.37. The predicted molar refractivity (Wildman–Crippen MR) is 103 cm³/mol. The number of hydrogen-bond donors (Lipinski definition) is 1. The molecule has 4 aromatic rings. The molecule has 6 heteroatoms. The topological polar surface area (TPSA) is 46.0 Å². The first-order valence-electron chi connectivity index (χ1n) is 8.64. The lowest BCUT2D eigenvalue weighted by Gasteiger charge is -2.36. The van der Waals surface area contributed by atoms with Gasteiger partial charge in [0.2, 0.25) is 0 Å². The monoisotopic (exact) mass is 347 g/mol. The van der Waals surface area contributed by atoms with Crippen molar-refractivity contribution in [3.63, 3.8) is 0 Å². The number of hydrogen-bond acceptors (Lipinski definition) is 4. The van der Waals surface area contributed by atoms with Gasteiger partial charge < -0.3 is 14.8 Å². The van der Waals surface area contributed by atoms with Crippen molar-refractivity contribution >= 4 is 39.1 Å². The smallest absolute Gasteiger partial charge is 0.143 e. The van der Waals surface area contributed by atoms with Crippen LogP contribution in [0.25, 0.3) is 21.9 Å². The zero-order chi connectivity index (χ0) is 17.7. The number of benzene rings is 1. The van der Waals surface area contributed by atoms with Gasteiger partial charge in [-0.25, -0.2) is 9.37 Å². The standard InChI is InChI=1S/C20H18FN5/c1-25-18-7-8-22-10-17(18)16-5-6-19(24-20(16)25)23-14-3-2-4-15(9-14)26-11-13(21)12-26/h2-10,13H,11-12H2,1H3,(H,23,24). The molecule has 26 heavy (non-hydrogen) atoms. The minimum absolute atomic E-state index is 0.470. The first-order valence-corrected chi connectivity index (χ1v) is 8.64. The van der Waals surface area contributed by atoms with Gasteiger partial charge >= 0.3 is 0 Å². The van der Waals surface area contributed by atoms with Crippen molar-refractivity contribution in [2.24, 2.45) is 7.05 Å². The van der Waals surface area contributed by atoms with E-state index in [1.165, 1.54) is 0 Å². The predicted octanol–water partition coefficient (Wildman–Crippen LogP) is 4.02. The van der Waals surface area contributed by atoms with Crippen LogP contribution in [0.4, 0.5) is 21.6 Å². The minimum atomic E-state index is -0.711. The van der Waals surface area contributed by atoms with Crippen LogP contribution in [0.3, 0.4) is 0 Å². The first-order chi connectivity index (χ1) is 12.7. The van der Waals surface area contributed by atoms with Gasteiger partial charge in [0.05, 0.1) is 18.6 Å². The molecule has 0 amide bonds. The van der Waals surface area contributed by atoms with Gasteiger partial charge in [0.15, 0.2) is 0 Å². The highest BCUT2D eigenvalue weighted by atomic mass is 19.1. The molecule has 0 unspecified atom stereocenters. The van der Waals surface area contributed by atoms with Crippen LogP contribution in [0.15, 0.2) is 54.9 Å². The fourth-order valence-corrected chi connectivity index (χ4v) is 3.55. The molecule has 1 N–H and O–H groups in total. The first kappa shape index (κ1) is 15.1. The number of nitrogens with one attached hydrogen (secondary N) is 1. The number of alkyl halides is 1. The molecule has 0 aliphatic carbocycles. The quantitative estimate of drug-likeness (QED) is 0.608. The summed E-state index contributed by atoms with van der Waals surface area (Å²) in [6.45, 7) is 0.940. The van der Waals surface area contributed by atoms with E-state index in [1.807, 2.05) is 54.5 Å². The molecule has 0 spiro atoms. The Morgan fingerprint density at radius 3 is 2.85 bits per heavy atom. The second kappa shape index (κ2) is 5.69. The van der Waals surface area contributed by atoms with Gasteiger partial charge in [0.25, 0.3) is 0 Å². The number of nitrogens with zero attached hydrogens (tertiary/aromatic N) is 4. The van der Waals surface area contributed by atoms with Crippen LogP contribution in [0.1, 0.15) is 0 Å². The van der Waals surface area contributed by atoms with Crippen molar-refractivity contribution < 1.29 is 4.39 Å². The summed E-state index contributed by atoms with van der Waals surface area (Å²) in [5.74, 6) is 0.778. The van der Waals surface area contributed by atoms with Crippen molar-refractivity contribution in [2.75, 3.05) is 23.3 Å². The van der Waals surface area contributed by atoms with Gasteiger partial charge in [-0.1, -0.05) is 6.07 Å². The number of halogens is 1. The maximum atomic E-state index is 13.1. The minimum Gasteiger partial charge on any atom is -0.365 e. The van der Waals surface area contributed by atoms with Crippen LogP contribution < -0.4 is 10.2 Å². The molecule has 0 atom stereocenters. The number of anilines is 3. The van der Waals surface area contributed by atoms with Crippen LogP contribution in [-0.4, -0.2) is 33.8 Å². The summed E-state index contributed by atoms with van der Waals surface area (Å²) in [4.78, 5) is 11.0. The zero-order valence-electron chi connectivity index (χ0n) is 14.4. The van der Waals surface area contributed by atoms with Crippen molar-refractivity contribution in [1.29, 1.82) is 0 Å². The Labute approximate surface area is 150 Å². The van der Waals surface area contributed by atoms with Gasteiger partial charge in [-0.15, -0.1) is 0 Å². The molecule has 130 valence electrons. The third-order valence-corrected chi connectivity index (χ3v) is 4.96. The molecule has 1 saturated heterocycles. The van der Waals surface area contributed by atoms with Crippen molar-refractivity contribution in [1.82, 2.24) is 14.5 Å². The molecular formula is C20H18FN5. The summed E-state index contributed by atoms with van der Waals surface area (Å²) in [6, 6.07) is 14.1.